The van der Waals surface area contributed by atoms with E-state index in [0.717, 1.165) is 0 Å². The molecule has 8 heteroatoms. The predicted molar refractivity (Wildman–Crippen MR) is 70.8 cm³/mol. The molecule has 0 aromatic carbocycles. The van der Waals surface area contributed by atoms with Crippen LogP contribution in [0.25, 0.3) is 0 Å². The van der Waals surface area contributed by atoms with Crippen molar-refractivity contribution in [3.05, 3.63) is 0 Å². The first kappa shape index (κ1) is 17.9. The molecule has 1 unspecified atom stereocenters. The van der Waals surface area contributed by atoms with Gasteiger partial charge < -0.3 is 21.1 Å². The summed E-state index contributed by atoms with van der Waals surface area (Å²) < 4.78 is 0. The smallest absolute Gasteiger partial charge is 0.326 e. The summed E-state index contributed by atoms with van der Waals surface area (Å²) in [4.78, 5) is 44.1. The van der Waals surface area contributed by atoms with Crippen LogP contribution in [0.4, 0.5) is 0 Å². The van der Waals surface area contributed by atoms with E-state index in [1.54, 1.807) is 6.92 Å². The zero-order valence-corrected chi connectivity index (χ0v) is 11.7. The van der Waals surface area contributed by atoms with E-state index in [4.69, 9.17) is 5.11 Å². The lowest BCUT2D eigenvalue weighted by Gasteiger charge is -2.12. The molecule has 114 valence electrons. The van der Waals surface area contributed by atoms with Gasteiger partial charge in [0, 0.05) is 32.9 Å². The maximum atomic E-state index is 11.4. The van der Waals surface area contributed by atoms with Crippen LogP contribution in [0.15, 0.2) is 0 Å². The summed E-state index contributed by atoms with van der Waals surface area (Å²) in [5.74, 6) is -2.08. The van der Waals surface area contributed by atoms with Gasteiger partial charge in [0.25, 0.3) is 0 Å². The van der Waals surface area contributed by atoms with Crippen LogP contribution in [0.2, 0.25) is 0 Å². The van der Waals surface area contributed by atoms with Crippen LogP contribution in [0, 0.1) is 0 Å². The summed E-state index contributed by atoms with van der Waals surface area (Å²) >= 11 is 0. The van der Waals surface area contributed by atoms with Crippen molar-refractivity contribution in [2.24, 2.45) is 0 Å². The molecule has 0 rings (SSSR count). The third-order valence-corrected chi connectivity index (χ3v) is 2.44. The average molecular weight is 287 g/mol. The van der Waals surface area contributed by atoms with Gasteiger partial charge in [-0.15, -0.1) is 0 Å². The maximum Gasteiger partial charge on any atom is 0.326 e. The lowest BCUT2D eigenvalue weighted by atomic mass is 10.2. The van der Waals surface area contributed by atoms with Crippen LogP contribution < -0.4 is 16.0 Å². The highest BCUT2D eigenvalue weighted by atomic mass is 16.4. The van der Waals surface area contributed by atoms with Crippen LogP contribution in [-0.2, 0) is 19.2 Å². The molecule has 0 aliphatic heterocycles. The minimum absolute atomic E-state index is 0.0258. The zero-order chi connectivity index (χ0) is 15.5. The van der Waals surface area contributed by atoms with Crippen molar-refractivity contribution in [3.8, 4) is 0 Å². The molecule has 0 bridgehead atoms. The van der Waals surface area contributed by atoms with E-state index in [1.807, 2.05) is 0 Å². The second-order valence-electron chi connectivity index (χ2n) is 4.20. The molecule has 0 aromatic heterocycles. The Bertz CT molecular complexity index is 370. The number of hydrogen-bond acceptors (Lipinski definition) is 4. The number of carbonyl (C=O) groups excluding carboxylic acids is 3. The van der Waals surface area contributed by atoms with Crippen molar-refractivity contribution < 1.29 is 24.3 Å². The fourth-order valence-electron chi connectivity index (χ4n) is 1.36. The van der Waals surface area contributed by atoms with Gasteiger partial charge in [-0.1, -0.05) is 6.92 Å². The third kappa shape index (κ3) is 8.90. The minimum Gasteiger partial charge on any atom is -0.480 e. The van der Waals surface area contributed by atoms with Gasteiger partial charge in [-0.25, -0.2) is 4.79 Å². The Morgan fingerprint density at radius 3 is 2.05 bits per heavy atom. The molecule has 0 aliphatic rings. The van der Waals surface area contributed by atoms with Crippen LogP contribution >= 0.6 is 0 Å². The Balaban J connectivity index is 3.80. The summed E-state index contributed by atoms with van der Waals surface area (Å²) in [5.41, 5.74) is 0. The Hall–Kier alpha value is -2.12. The molecular formula is C12H21N3O5. The molecule has 1 atom stereocenters. The van der Waals surface area contributed by atoms with Crippen LogP contribution in [-0.4, -0.2) is 47.9 Å². The van der Waals surface area contributed by atoms with Gasteiger partial charge in [-0.3, -0.25) is 14.4 Å². The molecule has 0 spiro atoms. The van der Waals surface area contributed by atoms with E-state index in [0.29, 0.717) is 6.54 Å². The summed E-state index contributed by atoms with van der Waals surface area (Å²) in [7, 11) is 0. The van der Waals surface area contributed by atoms with Gasteiger partial charge in [0.05, 0.1) is 0 Å². The molecule has 4 N–H and O–H groups in total. The number of carboxylic acids is 1. The SMILES string of the molecule is CCC(NC(=O)CCC(=O)NCCNC(C)=O)C(=O)O. The van der Waals surface area contributed by atoms with Crippen molar-refractivity contribution in [1.82, 2.24) is 16.0 Å². The molecule has 8 nitrogen and oxygen atoms in total. The molecule has 0 aromatic rings. The summed E-state index contributed by atoms with van der Waals surface area (Å²) in [6.45, 7) is 3.63. The van der Waals surface area contributed by atoms with Gasteiger partial charge in [-0.2, -0.15) is 0 Å². The van der Waals surface area contributed by atoms with Gasteiger partial charge in [-0.05, 0) is 6.42 Å². The second-order valence-corrected chi connectivity index (χ2v) is 4.20. The highest BCUT2D eigenvalue weighted by Gasteiger charge is 2.17. The standard InChI is InChI=1S/C12H21N3O5/c1-3-9(12(19)20)15-11(18)5-4-10(17)14-7-6-13-8(2)16/h9H,3-7H2,1-2H3,(H,13,16)(H,14,17)(H,15,18)(H,19,20). The second kappa shape index (κ2) is 9.76. The van der Waals surface area contributed by atoms with Crippen molar-refractivity contribution >= 4 is 23.7 Å². The lowest BCUT2D eigenvalue weighted by Crippen LogP contribution is -2.40. The van der Waals surface area contributed by atoms with E-state index in [1.165, 1.54) is 6.92 Å². The van der Waals surface area contributed by atoms with Gasteiger partial charge >= 0.3 is 5.97 Å². The van der Waals surface area contributed by atoms with Crippen molar-refractivity contribution in [1.29, 1.82) is 0 Å². The van der Waals surface area contributed by atoms with E-state index in [2.05, 4.69) is 16.0 Å². The largest absolute Gasteiger partial charge is 0.480 e. The van der Waals surface area contributed by atoms with E-state index in [-0.39, 0.29) is 37.6 Å². The lowest BCUT2D eigenvalue weighted by molar-refractivity contribution is -0.142. The minimum atomic E-state index is -1.10. The van der Waals surface area contributed by atoms with E-state index < -0.39 is 17.9 Å². The Morgan fingerprint density at radius 1 is 1.00 bits per heavy atom. The first-order chi connectivity index (χ1) is 9.36. The average Bonchev–Trinajstić information content (AvgIpc) is 2.38. The summed E-state index contributed by atoms with van der Waals surface area (Å²) in [6, 6.07) is -0.926. The normalized spacial score (nSPS) is 11.3. The number of hydrogen-bond donors (Lipinski definition) is 4. The van der Waals surface area contributed by atoms with Crippen molar-refractivity contribution in [2.75, 3.05) is 13.1 Å². The van der Waals surface area contributed by atoms with Gasteiger partial charge in [0.15, 0.2) is 0 Å². The first-order valence-electron chi connectivity index (χ1n) is 6.40. The number of amides is 3. The molecular weight excluding hydrogens is 266 g/mol. The molecule has 0 fully saturated rings. The van der Waals surface area contributed by atoms with Gasteiger partial charge in [0.1, 0.15) is 6.04 Å². The number of carbonyl (C=O) groups is 4. The number of carboxylic acid groups (broad SMARTS) is 1. The van der Waals surface area contributed by atoms with E-state index >= 15 is 0 Å². The fourth-order valence-corrected chi connectivity index (χ4v) is 1.36. The molecule has 0 saturated heterocycles. The Kier molecular flexibility index (Phi) is 8.73. The van der Waals surface area contributed by atoms with Crippen LogP contribution in [0.1, 0.15) is 33.1 Å². The van der Waals surface area contributed by atoms with Crippen molar-refractivity contribution in [3.63, 3.8) is 0 Å². The number of aliphatic carboxylic acids is 1. The van der Waals surface area contributed by atoms with Gasteiger partial charge in [0.2, 0.25) is 17.7 Å². The first-order valence-corrected chi connectivity index (χ1v) is 6.40. The fraction of sp³-hybridized carbons (Fsp3) is 0.667. The van der Waals surface area contributed by atoms with Crippen molar-refractivity contribution in [2.45, 2.75) is 39.2 Å². The maximum absolute atomic E-state index is 11.4. The number of rotatable bonds is 9. The van der Waals surface area contributed by atoms with Crippen LogP contribution in [0.3, 0.4) is 0 Å². The molecule has 20 heavy (non-hydrogen) atoms. The highest BCUT2D eigenvalue weighted by Crippen LogP contribution is 1.95. The predicted octanol–water partition coefficient (Wildman–Crippen LogP) is -1.00. The third-order valence-electron chi connectivity index (χ3n) is 2.44. The highest BCUT2D eigenvalue weighted by molar-refractivity contribution is 5.86. The molecule has 0 heterocycles. The molecule has 3 amide bonds. The molecule has 0 saturated carbocycles. The zero-order valence-electron chi connectivity index (χ0n) is 11.7. The quantitative estimate of drug-likeness (QED) is 0.405. The topological polar surface area (TPSA) is 125 Å². The Labute approximate surface area is 117 Å². The molecule has 0 radical (unpaired) electrons. The summed E-state index contributed by atoms with van der Waals surface area (Å²) in [5, 5.41) is 16.1. The number of nitrogens with one attached hydrogen (secondary N) is 3. The van der Waals surface area contributed by atoms with Crippen LogP contribution in [0.5, 0.6) is 0 Å². The molecule has 0 aliphatic carbocycles. The monoisotopic (exact) mass is 287 g/mol. The van der Waals surface area contributed by atoms with E-state index in [9.17, 15) is 19.2 Å². The Morgan fingerprint density at radius 2 is 1.55 bits per heavy atom. The summed E-state index contributed by atoms with van der Waals surface area (Å²) in [6.07, 6.45) is 0.182.